The number of hydrogen-bond donors (Lipinski definition) is 1. The van der Waals surface area contributed by atoms with Crippen molar-refractivity contribution in [1.29, 1.82) is 0 Å². The number of H-pyrrole nitrogens is 1. The fourth-order valence-electron chi connectivity index (χ4n) is 1.16. The molecule has 0 spiro atoms. The number of benzene rings is 1. The molecule has 0 saturated carbocycles. The van der Waals surface area contributed by atoms with Crippen LogP contribution in [0.25, 0.3) is 11.3 Å². The molecule has 1 N–H and O–H groups in total. The van der Waals surface area contributed by atoms with Gasteiger partial charge in [-0.3, -0.25) is 9.78 Å². The zero-order chi connectivity index (χ0) is 9.97. The van der Waals surface area contributed by atoms with Gasteiger partial charge in [-0.15, -0.1) is 0 Å². The van der Waals surface area contributed by atoms with Gasteiger partial charge < -0.3 is 4.42 Å². The van der Waals surface area contributed by atoms with Crippen LogP contribution in [0, 0.1) is 4.84 Å². The Morgan fingerprint density at radius 1 is 1.21 bits per heavy atom. The van der Waals surface area contributed by atoms with E-state index in [2.05, 4.69) is 4.98 Å². The van der Waals surface area contributed by atoms with Crippen LogP contribution >= 0.6 is 12.2 Å². The number of aromatic amines is 1. The van der Waals surface area contributed by atoms with Crippen molar-refractivity contribution in [2.24, 2.45) is 0 Å². The lowest BCUT2D eigenvalue weighted by Gasteiger charge is -1.97. The fourth-order valence-corrected chi connectivity index (χ4v) is 1.35. The molecule has 0 atom stereocenters. The SMILES string of the molecule is O=c1cc(-c2ccccc2)oc(=S)[nH]1. The Morgan fingerprint density at radius 3 is 2.57 bits per heavy atom. The Labute approximate surface area is 85.0 Å². The first-order chi connectivity index (χ1) is 6.75. The van der Waals surface area contributed by atoms with Gasteiger partial charge in [0, 0.05) is 11.6 Å². The molecule has 2 rings (SSSR count). The minimum absolute atomic E-state index is 0.0938. The van der Waals surface area contributed by atoms with E-state index in [-0.39, 0.29) is 10.4 Å². The molecule has 4 heteroatoms. The zero-order valence-electron chi connectivity index (χ0n) is 7.19. The summed E-state index contributed by atoms with van der Waals surface area (Å²) in [6.07, 6.45) is 0. The van der Waals surface area contributed by atoms with Gasteiger partial charge in [0.2, 0.25) is 0 Å². The first kappa shape index (κ1) is 8.90. The van der Waals surface area contributed by atoms with E-state index in [0.717, 1.165) is 5.56 Å². The molecule has 1 aromatic heterocycles. The molecule has 0 unspecified atom stereocenters. The summed E-state index contributed by atoms with van der Waals surface area (Å²) in [5, 5.41) is 0. The molecule has 3 nitrogen and oxygen atoms in total. The highest BCUT2D eigenvalue weighted by Gasteiger charge is 1.99. The van der Waals surface area contributed by atoms with Crippen LogP contribution in [0.15, 0.2) is 45.6 Å². The Balaban J connectivity index is 2.64. The van der Waals surface area contributed by atoms with Gasteiger partial charge in [0.05, 0.1) is 0 Å². The largest absolute Gasteiger partial charge is 0.431 e. The predicted molar refractivity (Wildman–Crippen MR) is 55.6 cm³/mol. The molecule has 0 aliphatic rings. The summed E-state index contributed by atoms with van der Waals surface area (Å²) < 4.78 is 5.20. The lowest BCUT2D eigenvalue weighted by molar-refractivity contribution is 0.521. The summed E-state index contributed by atoms with van der Waals surface area (Å²) in [4.78, 5) is 13.6. The van der Waals surface area contributed by atoms with Crippen LogP contribution < -0.4 is 5.56 Å². The van der Waals surface area contributed by atoms with E-state index >= 15 is 0 Å². The number of aromatic nitrogens is 1. The van der Waals surface area contributed by atoms with Crippen molar-refractivity contribution in [2.75, 3.05) is 0 Å². The molecular weight excluding hydrogens is 198 g/mol. The number of nitrogens with one attached hydrogen (secondary N) is 1. The van der Waals surface area contributed by atoms with E-state index in [4.69, 9.17) is 16.6 Å². The second-order valence-corrected chi connectivity index (χ2v) is 3.12. The molecule has 1 aromatic carbocycles. The zero-order valence-corrected chi connectivity index (χ0v) is 8.01. The van der Waals surface area contributed by atoms with Crippen LogP contribution in [0.1, 0.15) is 0 Å². The minimum atomic E-state index is -0.250. The average molecular weight is 205 g/mol. The van der Waals surface area contributed by atoms with Crippen molar-refractivity contribution in [3.8, 4) is 11.3 Å². The molecule has 0 bridgehead atoms. The van der Waals surface area contributed by atoms with Crippen molar-refractivity contribution in [3.63, 3.8) is 0 Å². The van der Waals surface area contributed by atoms with E-state index < -0.39 is 0 Å². The molecule has 0 fully saturated rings. The molecule has 2 aromatic rings. The van der Waals surface area contributed by atoms with Gasteiger partial charge in [0.25, 0.3) is 10.4 Å². The molecule has 0 aliphatic carbocycles. The van der Waals surface area contributed by atoms with Crippen LogP contribution in [0.5, 0.6) is 0 Å². The van der Waals surface area contributed by atoms with Crippen LogP contribution in [-0.4, -0.2) is 4.98 Å². The maximum absolute atomic E-state index is 11.1. The van der Waals surface area contributed by atoms with Gasteiger partial charge in [-0.1, -0.05) is 30.3 Å². The summed E-state index contributed by atoms with van der Waals surface area (Å²) in [5.41, 5.74) is 0.588. The molecule has 1 heterocycles. The van der Waals surface area contributed by atoms with Gasteiger partial charge in [0.1, 0.15) is 5.76 Å². The van der Waals surface area contributed by atoms with E-state index in [0.29, 0.717) is 5.76 Å². The molecule has 70 valence electrons. The highest BCUT2D eigenvalue weighted by atomic mass is 32.1. The summed E-state index contributed by atoms with van der Waals surface area (Å²) in [6.45, 7) is 0. The normalized spacial score (nSPS) is 10.0. The van der Waals surface area contributed by atoms with E-state index in [9.17, 15) is 4.79 Å². The Hall–Kier alpha value is -1.68. The monoisotopic (exact) mass is 205 g/mol. The van der Waals surface area contributed by atoms with Gasteiger partial charge in [-0.2, -0.15) is 0 Å². The molecule has 14 heavy (non-hydrogen) atoms. The van der Waals surface area contributed by atoms with Crippen molar-refractivity contribution in [3.05, 3.63) is 51.6 Å². The topological polar surface area (TPSA) is 46.0 Å². The summed E-state index contributed by atoms with van der Waals surface area (Å²) in [5.74, 6) is 0.486. The molecule has 0 amide bonds. The summed E-state index contributed by atoms with van der Waals surface area (Å²) >= 11 is 4.76. The molecule has 0 aliphatic heterocycles. The van der Waals surface area contributed by atoms with Gasteiger partial charge in [-0.05, 0) is 12.2 Å². The highest BCUT2D eigenvalue weighted by molar-refractivity contribution is 7.71. The van der Waals surface area contributed by atoms with Crippen LogP contribution in [0.2, 0.25) is 0 Å². The predicted octanol–water partition coefficient (Wildman–Crippen LogP) is 2.36. The maximum Gasteiger partial charge on any atom is 0.269 e. The van der Waals surface area contributed by atoms with Crippen molar-refractivity contribution in [1.82, 2.24) is 4.98 Å². The van der Waals surface area contributed by atoms with Crippen LogP contribution in [0.4, 0.5) is 0 Å². The number of hydrogen-bond acceptors (Lipinski definition) is 3. The van der Waals surface area contributed by atoms with Crippen molar-refractivity contribution < 1.29 is 4.42 Å². The molecule has 0 saturated heterocycles. The first-order valence-electron chi connectivity index (χ1n) is 4.05. The van der Waals surface area contributed by atoms with Crippen molar-refractivity contribution in [2.45, 2.75) is 0 Å². The lowest BCUT2D eigenvalue weighted by Crippen LogP contribution is -2.03. The third-order valence-electron chi connectivity index (χ3n) is 1.75. The minimum Gasteiger partial charge on any atom is -0.431 e. The van der Waals surface area contributed by atoms with Gasteiger partial charge in [0.15, 0.2) is 0 Å². The average Bonchev–Trinajstić information content (AvgIpc) is 2.18. The van der Waals surface area contributed by atoms with Crippen molar-refractivity contribution >= 4 is 12.2 Å². The Bertz CT molecular complexity index is 514. The molecular formula is C10H7NO2S. The van der Waals surface area contributed by atoms with Crippen LogP contribution in [-0.2, 0) is 0 Å². The smallest absolute Gasteiger partial charge is 0.269 e. The third kappa shape index (κ3) is 1.80. The standard InChI is InChI=1S/C10H7NO2S/c12-9-6-8(13-10(14)11-9)7-4-2-1-3-5-7/h1-6H,(H,11,12,14). The number of rotatable bonds is 1. The summed E-state index contributed by atoms with van der Waals surface area (Å²) in [6, 6.07) is 10.7. The molecule has 0 radical (unpaired) electrons. The van der Waals surface area contributed by atoms with Crippen LogP contribution in [0.3, 0.4) is 0 Å². The second kappa shape index (κ2) is 3.59. The van der Waals surface area contributed by atoms with E-state index in [1.165, 1.54) is 6.07 Å². The lowest BCUT2D eigenvalue weighted by atomic mass is 10.2. The van der Waals surface area contributed by atoms with Gasteiger partial charge >= 0.3 is 0 Å². The Kier molecular flexibility index (Phi) is 2.28. The second-order valence-electron chi connectivity index (χ2n) is 2.75. The summed E-state index contributed by atoms with van der Waals surface area (Å²) in [7, 11) is 0. The quantitative estimate of drug-likeness (QED) is 0.727. The van der Waals surface area contributed by atoms with Gasteiger partial charge in [-0.25, -0.2) is 0 Å². The third-order valence-corrected chi connectivity index (χ3v) is 1.93. The maximum atomic E-state index is 11.1. The van der Waals surface area contributed by atoms with E-state index in [1.54, 1.807) is 0 Å². The van der Waals surface area contributed by atoms with E-state index in [1.807, 2.05) is 30.3 Å². The fraction of sp³-hybridized carbons (Fsp3) is 0. The first-order valence-corrected chi connectivity index (χ1v) is 4.46. The Morgan fingerprint density at radius 2 is 1.93 bits per heavy atom. The highest BCUT2D eigenvalue weighted by Crippen LogP contribution is 2.15.